The summed E-state index contributed by atoms with van der Waals surface area (Å²) in [6, 6.07) is 0. The highest BCUT2D eigenvalue weighted by molar-refractivity contribution is 5.70. The summed E-state index contributed by atoms with van der Waals surface area (Å²) in [6.45, 7) is 8.47. The summed E-state index contributed by atoms with van der Waals surface area (Å²) in [7, 11) is 1.72. The molecule has 0 radical (unpaired) electrons. The number of carbonyl (C=O) groups excluding carboxylic acids is 1. The molecule has 1 rings (SSSR count). The highest BCUT2D eigenvalue weighted by Crippen LogP contribution is 2.17. The van der Waals surface area contributed by atoms with Crippen LogP contribution in [0.15, 0.2) is 71.9 Å². The van der Waals surface area contributed by atoms with Crippen LogP contribution in [0, 0.1) is 18.3 Å². The van der Waals surface area contributed by atoms with E-state index in [1.807, 2.05) is 50.3 Å². The minimum atomic E-state index is -0.449. The third-order valence-electron chi connectivity index (χ3n) is 5.48. The Kier molecular flexibility index (Phi) is 15.4. The average molecular weight is 467 g/mol. The fourth-order valence-corrected chi connectivity index (χ4v) is 3.67. The molecule has 0 saturated heterocycles. The van der Waals surface area contributed by atoms with Crippen LogP contribution in [0.4, 0.5) is 0 Å². The lowest BCUT2D eigenvalue weighted by Crippen LogP contribution is -2.22. The van der Waals surface area contributed by atoms with Crippen molar-refractivity contribution in [1.82, 2.24) is 0 Å². The van der Waals surface area contributed by atoms with E-state index in [0.717, 1.165) is 18.4 Å². The maximum atomic E-state index is 12.8. The van der Waals surface area contributed by atoms with E-state index in [0.29, 0.717) is 18.8 Å². The van der Waals surface area contributed by atoms with E-state index in [2.05, 4.69) is 44.1 Å². The van der Waals surface area contributed by atoms with E-state index >= 15 is 0 Å². The second kappa shape index (κ2) is 17.8. The monoisotopic (exact) mass is 466 g/mol. The van der Waals surface area contributed by atoms with Crippen molar-refractivity contribution in [2.75, 3.05) is 13.7 Å². The second-order valence-corrected chi connectivity index (χ2v) is 8.68. The Hall–Kier alpha value is -2.61. The number of methoxy groups -OCH3 is 1. The van der Waals surface area contributed by atoms with E-state index in [-0.39, 0.29) is 31.2 Å². The highest BCUT2D eigenvalue weighted by Gasteiger charge is 2.17. The van der Waals surface area contributed by atoms with Crippen molar-refractivity contribution >= 4 is 5.97 Å². The van der Waals surface area contributed by atoms with Gasteiger partial charge in [-0.2, -0.15) is 0 Å². The zero-order valence-corrected chi connectivity index (χ0v) is 21.5. The van der Waals surface area contributed by atoms with Gasteiger partial charge in [0.15, 0.2) is 0 Å². The first-order valence-electron chi connectivity index (χ1n) is 12.1. The van der Waals surface area contributed by atoms with Crippen LogP contribution in [0.3, 0.4) is 0 Å². The zero-order chi connectivity index (χ0) is 25.2. The maximum Gasteiger partial charge on any atom is 0.309 e. The Labute approximate surface area is 207 Å². The van der Waals surface area contributed by atoms with Crippen LogP contribution in [0.25, 0.3) is 0 Å². The number of allylic oxidation sites excluding steroid dienone is 7. The minimum Gasteiger partial charge on any atom is -0.458 e. The minimum absolute atomic E-state index is 0.0312. The zero-order valence-electron chi connectivity index (χ0n) is 21.5. The summed E-state index contributed by atoms with van der Waals surface area (Å²) >= 11 is 0. The molecule has 4 heteroatoms. The smallest absolute Gasteiger partial charge is 0.309 e. The molecule has 0 amide bonds. The molecule has 0 spiro atoms. The Morgan fingerprint density at radius 1 is 1.24 bits per heavy atom. The van der Waals surface area contributed by atoms with E-state index in [1.165, 1.54) is 5.57 Å². The molecule has 0 aromatic rings. The molecule has 1 aliphatic rings. The van der Waals surface area contributed by atoms with Crippen LogP contribution in [0.2, 0.25) is 0 Å². The Morgan fingerprint density at radius 2 is 1.97 bits per heavy atom. The van der Waals surface area contributed by atoms with Gasteiger partial charge in [-0.3, -0.25) is 4.79 Å². The Balaban J connectivity index is 3.14. The maximum absolute atomic E-state index is 12.8. The van der Waals surface area contributed by atoms with Gasteiger partial charge in [-0.1, -0.05) is 73.1 Å². The number of hydrogen-bond donors (Lipinski definition) is 0. The van der Waals surface area contributed by atoms with Gasteiger partial charge in [0.2, 0.25) is 0 Å². The third kappa shape index (κ3) is 13.2. The predicted octanol–water partition coefficient (Wildman–Crippen LogP) is 6.67. The van der Waals surface area contributed by atoms with Gasteiger partial charge in [-0.15, -0.1) is 6.42 Å². The van der Waals surface area contributed by atoms with E-state index in [1.54, 1.807) is 7.11 Å². The molecule has 4 nitrogen and oxygen atoms in total. The molecule has 0 fully saturated rings. The molecule has 34 heavy (non-hydrogen) atoms. The standard InChI is InChI=1S/C30H42O4/c1-7-9-15-25(4)22-28-17-13-11-10-12-16-24(3)21-26(5)29(32-6)19-14-18-27(33-20-8-2)23-30(31)34-28/h2,7,9-14,18,21-22,24,27-29H,15-17,19-20,23H2,1,3-6H3/b9-7+,12-10+,13-11-,18-14-,25-22+,26-21-/t24-,27?,28+,29?/m0/s1. The number of rotatable bonds is 6. The molecule has 0 aromatic heterocycles. The summed E-state index contributed by atoms with van der Waals surface area (Å²) in [5.41, 5.74) is 2.34. The fraction of sp³-hybridized carbons (Fsp3) is 0.500. The Morgan fingerprint density at radius 3 is 2.65 bits per heavy atom. The van der Waals surface area contributed by atoms with Gasteiger partial charge >= 0.3 is 5.97 Å². The molecule has 0 aromatic carbocycles. The number of terminal acetylenes is 1. The SMILES string of the molecule is C#CCOC1/C=C\CC(OC)/C(C)=C\[C@@H](C)C/C=C/C=C\C[C@H](/C=C(\C)C/C=C/C)OC(=O)C1. The first-order chi connectivity index (χ1) is 16.4. The number of carbonyl (C=O) groups is 1. The molecule has 4 atom stereocenters. The van der Waals surface area contributed by atoms with Crippen LogP contribution in [0.1, 0.15) is 59.8 Å². The third-order valence-corrected chi connectivity index (χ3v) is 5.48. The van der Waals surface area contributed by atoms with E-state index < -0.39 is 6.10 Å². The molecule has 0 aliphatic carbocycles. The average Bonchev–Trinajstić information content (AvgIpc) is 2.79. The van der Waals surface area contributed by atoms with Gasteiger partial charge in [0.1, 0.15) is 12.7 Å². The lowest BCUT2D eigenvalue weighted by molar-refractivity contribution is -0.149. The molecule has 2 unspecified atom stereocenters. The molecule has 1 heterocycles. The van der Waals surface area contributed by atoms with Crippen LogP contribution < -0.4 is 0 Å². The molecule has 0 saturated carbocycles. The van der Waals surface area contributed by atoms with Crippen LogP contribution in [0.5, 0.6) is 0 Å². The van der Waals surface area contributed by atoms with Gasteiger partial charge in [-0.05, 0) is 57.6 Å². The molecule has 0 bridgehead atoms. The number of ether oxygens (including phenoxy) is 3. The quantitative estimate of drug-likeness (QED) is 0.249. The number of esters is 1. The Bertz CT molecular complexity index is 819. The van der Waals surface area contributed by atoms with E-state index in [9.17, 15) is 4.79 Å². The first-order valence-corrected chi connectivity index (χ1v) is 12.1. The van der Waals surface area contributed by atoms with Gasteiger partial charge in [-0.25, -0.2) is 0 Å². The molecule has 0 N–H and O–H groups in total. The van der Waals surface area contributed by atoms with Crippen LogP contribution >= 0.6 is 0 Å². The van der Waals surface area contributed by atoms with E-state index in [4.69, 9.17) is 20.6 Å². The van der Waals surface area contributed by atoms with Crippen LogP contribution in [-0.4, -0.2) is 38.0 Å². The van der Waals surface area contributed by atoms with Crippen LogP contribution in [-0.2, 0) is 19.0 Å². The normalized spacial score (nSPS) is 30.3. The largest absolute Gasteiger partial charge is 0.458 e. The predicted molar refractivity (Wildman–Crippen MR) is 141 cm³/mol. The highest BCUT2D eigenvalue weighted by atomic mass is 16.5. The topological polar surface area (TPSA) is 44.8 Å². The molecular weight excluding hydrogens is 424 g/mol. The first kappa shape index (κ1) is 29.4. The van der Waals surface area contributed by atoms with Crippen molar-refractivity contribution in [1.29, 1.82) is 0 Å². The summed E-state index contributed by atoms with van der Waals surface area (Å²) in [6.07, 6.45) is 28.3. The van der Waals surface area contributed by atoms with Gasteiger partial charge in [0.25, 0.3) is 0 Å². The molecule has 186 valence electrons. The van der Waals surface area contributed by atoms with Crippen molar-refractivity contribution in [2.45, 2.75) is 78.1 Å². The van der Waals surface area contributed by atoms with Crippen molar-refractivity contribution in [3.05, 3.63) is 71.9 Å². The van der Waals surface area contributed by atoms with Crippen molar-refractivity contribution in [3.8, 4) is 12.3 Å². The molecule has 1 aliphatic heterocycles. The lowest BCUT2D eigenvalue weighted by Gasteiger charge is -2.18. The number of cyclic esters (lactones) is 1. The number of hydrogen-bond acceptors (Lipinski definition) is 4. The summed E-state index contributed by atoms with van der Waals surface area (Å²) in [5.74, 6) is 2.57. The van der Waals surface area contributed by atoms with Gasteiger partial charge in [0, 0.05) is 13.5 Å². The summed E-state index contributed by atoms with van der Waals surface area (Å²) in [4.78, 5) is 12.8. The van der Waals surface area contributed by atoms with Crippen molar-refractivity contribution in [2.24, 2.45) is 5.92 Å². The summed E-state index contributed by atoms with van der Waals surface area (Å²) in [5, 5.41) is 0. The van der Waals surface area contributed by atoms with Gasteiger partial charge < -0.3 is 14.2 Å². The summed E-state index contributed by atoms with van der Waals surface area (Å²) < 4.78 is 17.2. The molecular formula is C30H42O4. The second-order valence-electron chi connectivity index (χ2n) is 8.68. The fourth-order valence-electron chi connectivity index (χ4n) is 3.67. The van der Waals surface area contributed by atoms with Crippen molar-refractivity contribution in [3.63, 3.8) is 0 Å². The van der Waals surface area contributed by atoms with Gasteiger partial charge in [0.05, 0.1) is 18.6 Å². The van der Waals surface area contributed by atoms with Crippen molar-refractivity contribution < 1.29 is 19.0 Å². The lowest BCUT2D eigenvalue weighted by atomic mass is 9.99.